The molecule has 0 fully saturated rings. The highest BCUT2D eigenvalue weighted by Crippen LogP contribution is 2.21. The molecule has 1 aromatic carbocycles. The van der Waals surface area contributed by atoms with Crippen molar-refractivity contribution in [2.75, 3.05) is 18.1 Å². The van der Waals surface area contributed by atoms with E-state index in [0.29, 0.717) is 27.8 Å². The quantitative estimate of drug-likeness (QED) is 0.522. The normalized spacial score (nSPS) is 11.3. The molecule has 5 nitrogen and oxygen atoms in total. The smallest absolute Gasteiger partial charge is 0.254 e. The molecular weight excluding hydrogens is 412 g/mol. The minimum absolute atomic E-state index is 0.0162. The molecule has 2 aromatic heterocycles. The molecule has 8 heteroatoms. The van der Waals surface area contributed by atoms with Crippen molar-refractivity contribution in [2.24, 2.45) is 0 Å². The molecule has 0 atom stereocenters. The van der Waals surface area contributed by atoms with Crippen LogP contribution in [0.15, 0.2) is 76.1 Å². The number of rotatable bonds is 9. The van der Waals surface area contributed by atoms with Crippen molar-refractivity contribution < 1.29 is 13.2 Å². The lowest BCUT2D eigenvalue weighted by Gasteiger charge is -2.09. The number of carbonyl (C=O) groups is 1. The number of benzene rings is 1. The van der Waals surface area contributed by atoms with Crippen molar-refractivity contribution in [1.29, 1.82) is 0 Å². The van der Waals surface area contributed by atoms with E-state index in [1.165, 1.54) is 16.6 Å². The van der Waals surface area contributed by atoms with Gasteiger partial charge < -0.3 is 5.32 Å². The number of sulfone groups is 1. The maximum absolute atomic E-state index is 12.5. The van der Waals surface area contributed by atoms with Gasteiger partial charge in [0.2, 0.25) is 0 Å². The van der Waals surface area contributed by atoms with Crippen molar-refractivity contribution >= 4 is 38.8 Å². The minimum Gasteiger partial charge on any atom is -0.352 e. The van der Waals surface area contributed by atoms with Gasteiger partial charge >= 0.3 is 0 Å². The zero-order valence-electron chi connectivity index (χ0n) is 15.1. The largest absolute Gasteiger partial charge is 0.352 e. The van der Waals surface area contributed by atoms with Crippen LogP contribution in [0.1, 0.15) is 15.2 Å². The molecule has 3 aromatic rings. The molecule has 0 unspecified atom stereocenters. The topological polar surface area (TPSA) is 76.1 Å². The van der Waals surface area contributed by atoms with Gasteiger partial charge in [-0.1, -0.05) is 24.3 Å². The SMILES string of the molecule is O=C(NCCc1cccs1)c1cccnc1SCCS(=O)(=O)c1ccccc1. The monoisotopic (exact) mass is 432 g/mol. The van der Waals surface area contributed by atoms with Gasteiger partial charge in [0.15, 0.2) is 9.84 Å². The summed E-state index contributed by atoms with van der Waals surface area (Å²) in [4.78, 5) is 18.3. The Morgan fingerprint density at radius 3 is 2.64 bits per heavy atom. The number of aromatic nitrogens is 1. The zero-order chi connectivity index (χ0) is 19.8. The number of thioether (sulfide) groups is 1. The molecule has 1 amide bonds. The number of pyridine rings is 1. The third-order valence-electron chi connectivity index (χ3n) is 3.95. The highest BCUT2D eigenvalue weighted by atomic mass is 32.2. The molecule has 0 aliphatic heterocycles. The number of hydrogen-bond acceptors (Lipinski definition) is 6. The summed E-state index contributed by atoms with van der Waals surface area (Å²) in [6.45, 7) is 0.542. The van der Waals surface area contributed by atoms with E-state index < -0.39 is 9.84 Å². The second kappa shape index (κ2) is 9.86. The standard InChI is InChI=1S/C20H20N2O3S3/c23-19(21-12-10-16-6-5-13-26-16)18-9-4-11-22-20(18)27-14-15-28(24,25)17-7-2-1-3-8-17/h1-9,11,13H,10,12,14-15H2,(H,21,23). The average molecular weight is 433 g/mol. The first-order valence-corrected chi connectivity index (χ1v) is 12.2. The molecule has 1 N–H and O–H groups in total. The van der Waals surface area contributed by atoms with Crippen LogP contribution in [0.25, 0.3) is 0 Å². The van der Waals surface area contributed by atoms with Crippen molar-refractivity contribution in [3.63, 3.8) is 0 Å². The zero-order valence-corrected chi connectivity index (χ0v) is 17.5. The number of carbonyl (C=O) groups excluding carboxylic acids is 1. The van der Waals surface area contributed by atoms with Gasteiger partial charge in [0.25, 0.3) is 5.91 Å². The van der Waals surface area contributed by atoms with Crippen LogP contribution in [0, 0.1) is 0 Å². The van der Waals surface area contributed by atoms with Gasteiger partial charge in [-0.3, -0.25) is 4.79 Å². The van der Waals surface area contributed by atoms with Crippen LogP contribution < -0.4 is 5.32 Å². The maximum atomic E-state index is 12.5. The molecule has 0 aliphatic rings. The lowest BCUT2D eigenvalue weighted by molar-refractivity contribution is 0.0950. The fraction of sp³-hybridized carbons (Fsp3) is 0.200. The summed E-state index contributed by atoms with van der Waals surface area (Å²) in [5.74, 6) is 0.111. The molecule has 3 rings (SSSR count). The van der Waals surface area contributed by atoms with E-state index in [0.717, 1.165) is 6.42 Å². The summed E-state index contributed by atoms with van der Waals surface area (Å²) >= 11 is 2.94. The fourth-order valence-electron chi connectivity index (χ4n) is 2.52. The van der Waals surface area contributed by atoms with Gasteiger partial charge in [-0.05, 0) is 42.1 Å². The summed E-state index contributed by atoms with van der Waals surface area (Å²) in [5, 5.41) is 5.46. The van der Waals surface area contributed by atoms with Crippen LogP contribution in [0.5, 0.6) is 0 Å². The second-order valence-electron chi connectivity index (χ2n) is 5.92. The van der Waals surface area contributed by atoms with E-state index in [-0.39, 0.29) is 11.7 Å². The first kappa shape index (κ1) is 20.6. The Morgan fingerprint density at radius 2 is 1.89 bits per heavy atom. The summed E-state index contributed by atoms with van der Waals surface area (Å²) in [6.07, 6.45) is 2.39. The van der Waals surface area contributed by atoms with E-state index in [1.807, 2.05) is 17.5 Å². The van der Waals surface area contributed by atoms with Crippen molar-refractivity contribution in [1.82, 2.24) is 10.3 Å². The van der Waals surface area contributed by atoms with E-state index in [1.54, 1.807) is 60.0 Å². The molecule has 0 spiro atoms. The van der Waals surface area contributed by atoms with E-state index in [2.05, 4.69) is 10.3 Å². The van der Waals surface area contributed by atoms with Crippen LogP contribution >= 0.6 is 23.1 Å². The lowest BCUT2D eigenvalue weighted by atomic mass is 10.2. The Bertz CT molecular complexity index is 1000. The Labute approximate surface area is 173 Å². The summed E-state index contributed by atoms with van der Waals surface area (Å²) < 4.78 is 24.8. The summed E-state index contributed by atoms with van der Waals surface area (Å²) in [7, 11) is -3.35. The predicted molar refractivity (Wildman–Crippen MR) is 114 cm³/mol. The van der Waals surface area contributed by atoms with Gasteiger partial charge in [0.05, 0.1) is 16.2 Å². The third kappa shape index (κ3) is 5.67. The van der Waals surface area contributed by atoms with Crippen molar-refractivity contribution in [3.8, 4) is 0 Å². The molecule has 0 aliphatic carbocycles. The number of amides is 1. The van der Waals surface area contributed by atoms with Crippen LogP contribution in [0.2, 0.25) is 0 Å². The Hall–Kier alpha value is -2.16. The van der Waals surface area contributed by atoms with Gasteiger partial charge in [0.1, 0.15) is 5.03 Å². The van der Waals surface area contributed by atoms with Gasteiger partial charge in [0, 0.05) is 23.4 Å². The maximum Gasteiger partial charge on any atom is 0.254 e. The molecule has 0 radical (unpaired) electrons. The van der Waals surface area contributed by atoms with E-state index in [9.17, 15) is 13.2 Å². The second-order valence-corrected chi connectivity index (χ2v) is 10.1. The predicted octanol–water partition coefficient (Wildman–Crippen LogP) is 3.68. The lowest BCUT2D eigenvalue weighted by Crippen LogP contribution is -2.26. The van der Waals surface area contributed by atoms with Gasteiger partial charge in [-0.15, -0.1) is 23.1 Å². The summed E-state index contributed by atoms with van der Waals surface area (Å²) in [6, 6.07) is 15.8. The molecule has 146 valence electrons. The van der Waals surface area contributed by atoms with Crippen LogP contribution in [0.4, 0.5) is 0 Å². The van der Waals surface area contributed by atoms with Gasteiger partial charge in [-0.25, -0.2) is 13.4 Å². The number of nitrogens with one attached hydrogen (secondary N) is 1. The van der Waals surface area contributed by atoms with Crippen LogP contribution in [0.3, 0.4) is 0 Å². The Kier molecular flexibility index (Phi) is 7.24. The molecular formula is C20H20N2O3S3. The average Bonchev–Trinajstić information content (AvgIpc) is 3.22. The third-order valence-corrected chi connectivity index (χ3v) is 7.88. The fourth-order valence-corrected chi connectivity index (χ4v) is 5.89. The molecule has 28 heavy (non-hydrogen) atoms. The highest BCUT2D eigenvalue weighted by molar-refractivity contribution is 8.00. The number of hydrogen-bond donors (Lipinski definition) is 1. The molecule has 0 bridgehead atoms. The van der Waals surface area contributed by atoms with Crippen molar-refractivity contribution in [2.45, 2.75) is 16.3 Å². The van der Waals surface area contributed by atoms with E-state index >= 15 is 0 Å². The molecule has 0 saturated carbocycles. The Balaban J connectivity index is 1.57. The first-order chi connectivity index (χ1) is 13.6. The van der Waals surface area contributed by atoms with E-state index in [4.69, 9.17) is 0 Å². The van der Waals surface area contributed by atoms with Crippen LogP contribution in [-0.4, -0.2) is 37.4 Å². The van der Waals surface area contributed by atoms with Crippen LogP contribution in [-0.2, 0) is 16.3 Å². The van der Waals surface area contributed by atoms with Crippen molar-refractivity contribution in [3.05, 3.63) is 76.6 Å². The number of nitrogens with zero attached hydrogens (tertiary/aromatic N) is 1. The molecule has 0 saturated heterocycles. The first-order valence-electron chi connectivity index (χ1n) is 8.72. The Morgan fingerprint density at radius 1 is 1.07 bits per heavy atom. The summed E-state index contributed by atoms with van der Waals surface area (Å²) in [5.41, 5.74) is 0.468. The highest BCUT2D eigenvalue weighted by Gasteiger charge is 2.16. The molecule has 2 heterocycles. The van der Waals surface area contributed by atoms with Gasteiger partial charge in [-0.2, -0.15) is 0 Å². The number of thiophene rings is 1. The minimum atomic E-state index is -3.35.